The monoisotopic (exact) mass is 466 g/mol. The molecule has 178 valence electrons. The maximum atomic E-state index is 12.0. The van der Waals surface area contributed by atoms with Crippen molar-refractivity contribution in [1.29, 1.82) is 0 Å². The van der Waals surface area contributed by atoms with Crippen LogP contribution in [0.3, 0.4) is 0 Å². The van der Waals surface area contributed by atoms with Crippen molar-refractivity contribution in [2.75, 3.05) is 38.0 Å². The van der Waals surface area contributed by atoms with Crippen molar-refractivity contribution < 1.29 is 18.7 Å². The SMILES string of the molecule is CNC(=O)C1=CC(OC)C(Nc2nc(NC3CCOCC3)c3c(-c4cnco4)[nH]nc3n2)C=C1. The molecule has 2 atom stereocenters. The zero-order valence-electron chi connectivity index (χ0n) is 18.9. The number of nitrogens with zero attached hydrogens (tertiary/aromatic N) is 4. The number of H-pyrrole nitrogens is 1. The molecule has 2 unspecified atom stereocenters. The van der Waals surface area contributed by atoms with Crippen molar-refractivity contribution in [2.24, 2.45) is 0 Å². The van der Waals surface area contributed by atoms with Crippen LogP contribution in [0.5, 0.6) is 0 Å². The third-order valence-electron chi connectivity index (χ3n) is 5.89. The third-order valence-corrected chi connectivity index (χ3v) is 5.89. The number of hydrogen-bond donors (Lipinski definition) is 4. The molecular formula is C22H26N8O4. The molecule has 5 rings (SSSR count). The van der Waals surface area contributed by atoms with Crippen molar-refractivity contribution in [3.8, 4) is 11.5 Å². The first-order valence-corrected chi connectivity index (χ1v) is 11.1. The number of rotatable bonds is 7. The summed E-state index contributed by atoms with van der Waals surface area (Å²) in [6, 6.07) is -0.0732. The predicted molar refractivity (Wildman–Crippen MR) is 124 cm³/mol. The molecule has 34 heavy (non-hydrogen) atoms. The van der Waals surface area contributed by atoms with E-state index in [-0.39, 0.29) is 24.1 Å². The zero-order valence-corrected chi connectivity index (χ0v) is 18.9. The van der Waals surface area contributed by atoms with Gasteiger partial charge in [0.2, 0.25) is 5.95 Å². The molecule has 0 aromatic carbocycles. The molecule has 1 amide bonds. The maximum absolute atomic E-state index is 12.0. The first kappa shape index (κ1) is 22.0. The van der Waals surface area contributed by atoms with Gasteiger partial charge in [0.25, 0.3) is 5.91 Å². The number of methoxy groups -OCH3 is 1. The number of oxazole rings is 1. The highest BCUT2D eigenvalue weighted by atomic mass is 16.5. The van der Waals surface area contributed by atoms with Crippen LogP contribution in [0.15, 0.2) is 40.8 Å². The van der Waals surface area contributed by atoms with E-state index in [1.807, 2.05) is 6.08 Å². The Morgan fingerprint density at radius 2 is 2.09 bits per heavy atom. The van der Waals surface area contributed by atoms with Crippen LogP contribution >= 0.6 is 0 Å². The molecule has 3 aromatic heterocycles. The number of anilines is 2. The third kappa shape index (κ3) is 4.37. The van der Waals surface area contributed by atoms with E-state index in [9.17, 15) is 4.79 Å². The fraction of sp³-hybridized carbons (Fsp3) is 0.409. The second-order valence-corrected chi connectivity index (χ2v) is 8.02. The van der Waals surface area contributed by atoms with E-state index in [0.29, 0.717) is 47.7 Å². The van der Waals surface area contributed by atoms with Gasteiger partial charge in [0.05, 0.1) is 17.6 Å². The van der Waals surface area contributed by atoms with E-state index in [1.165, 1.54) is 6.39 Å². The van der Waals surface area contributed by atoms with Gasteiger partial charge >= 0.3 is 0 Å². The van der Waals surface area contributed by atoms with Gasteiger partial charge < -0.3 is 29.8 Å². The van der Waals surface area contributed by atoms with Gasteiger partial charge in [-0.1, -0.05) is 12.2 Å². The minimum atomic E-state index is -0.382. The van der Waals surface area contributed by atoms with E-state index in [1.54, 1.807) is 32.5 Å². The van der Waals surface area contributed by atoms with Gasteiger partial charge in [-0.05, 0) is 18.9 Å². The molecule has 1 aliphatic heterocycles. The lowest BCUT2D eigenvalue weighted by Gasteiger charge is -2.26. The first-order chi connectivity index (χ1) is 16.7. The van der Waals surface area contributed by atoms with Gasteiger partial charge in [0.1, 0.15) is 17.6 Å². The molecule has 0 saturated carbocycles. The van der Waals surface area contributed by atoms with Crippen LogP contribution in [-0.2, 0) is 14.3 Å². The summed E-state index contributed by atoms with van der Waals surface area (Å²) in [5, 5.41) is 17.6. The number of nitrogens with one attached hydrogen (secondary N) is 4. The van der Waals surface area contributed by atoms with E-state index < -0.39 is 0 Å². The molecule has 0 bridgehead atoms. The minimum Gasteiger partial charge on any atom is -0.442 e. The number of amides is 1. The fourth-order valence-corrected chi connectivity index (χ4v) is 4.09. The minimum absolute atomic E-state index is 0.172. The number of aromatic amines is 1. The maximum Gasteiger partial charge on any atom is 0.250 e. The topological polar surface area (TPSA) is 152 Å². The summed E-state index contributed by atoms with van der Waals surface area (Å²) in [6.45, 7) is 1.39. The van der Waals surface area contributed by atoms with E-state index in [4.69, 9.17) is 18.9 Å². The Labute approximate surface area is 195 Å². The molecule has 4 heterocycles. The van der Waals surface area contributed by atoms with Crippen molar-refractivity contribution in [1.82, 2.24) is 30.5 Å². The van der Waals surface area contributed by atoms with Gasteiger partial charge in [0, 0.05) is 39.0 Å². The van der Waals surface area contributed by atoms with Crippen LogP contribution in [0.1, 0.15) is 12.8 Å². The Morgan fingerprint density at radius 3 is 2.82 bits per heavy atom. The van der Waals surface area contributed by atoms with Gasteiger partial charge in [0.15, 0.2) is 17.8 Å². The Morgan fingerprint density at radius 1 is 1.24 bits per heavy atom. The summed E-state index contributed by atoms with van der Waals surface area (Å²) in [6.07, 6.45) is 9.72. The second-order valence-electron chi connectivity index (χ2n) is 8.02. The van der Waals surface area contributed by atoms with Crippen molar-refractivity contribution >= 4 is 28.7 Å². The summed E-state index contributed by atoms with van der Waals surface area (Å²) < 4.78 is 16.6. The average molecular weight is 467 g/mol. The normalized spacial score (nSPS) is 20.8. The van der Waals surface area contributed by atoms with Gasteiger partial charge in [-0.2, -0.15) is 15.1 Å². The van der Waals surface area contributed by atoms with Crippen molar-refractivity contribution in [3.05, 3.63) is 36.4 Å². The highest BCUT2D eigenvalue weighted by Crippen LogP contribution is 2.32. The van der Waals surface area contributed by atoms with Crippen molar-refractivity contribution in [2.45, 2.75) is 31.0 Å². The molecule has 12 heteroatoms. The standard InChI is InChI=1S/C22H26N8O4/c1-23-21(31)12-3-4-14(15(9-12)32-2)26-22-27-19(25-13-5-7-33-8-6-13)17-18(16-10-24-11-34-16)29-30-20(17)28-22/h3-4,9-11,13-15H,5-8H2,1-2H3,(H,23,31)(H3,25,26,27,28,29,30). The number of hydrogen-bond acceptors (Lipinski definition) is 10. The van der Waals surface area contributed by atoms with Gasteiger partial charge in [-0.15, -0.1) is 0 Å². The molecule has 0 radical (unpaired) electrons. The summed E-state index contributed by atoms with van der Waals surface area (Å²) in [4.78, 5) is 25.4. The summed E-state index contributed by atoms with van der Waals surface area (Å²) in [7, 11) is 3.19. The molecule has 1 fully saturated rings. The van der Waals surface area contributed by atoms with Crippen LogP contribution in [0.4, 0.5) is 11.8 Å². The molecule has 12 nitrogen and oxygen atoms in total. The summed E-state index contributed by atoms with van der Waals surface area (Å²) in [5.74, 6) is 1.39. The Kier molecular flexibility index (Phi) is 6.23. The van der Waals surface area contributed by atoms with Crippen LogP contribution in [0.25, 0.3) is 22.5 Å². The van der Waals surface area contributed by atoms with Crippen LogP contribution in [0.2, 0.25) is 0 Å². The second kappa shape index (κ2) is 9.61. The Bertz CT molecular complexity index is 1210. The van der Waals surface area contributed by atoms with E-state index in [0.717, 1.165) is 18.2 Å². The lowest BCUT2D eigenvalue weighted by Crippen LogP contribution is -2.36. The molecule has 3 aromatic rings. The number of ether oxygens (including phenoxy) is 2. The van der Waals surface area contributed by atoms with Crippen LogP contribution in [-0.4, -0.2) is 76.6 Å². The van der Waals surface area contributed by atoms with Crippen LogP contribution < -0.4 is 16.0 Å². The quantitative estimate of drug-likeness (QED) is 0.404. The number of fused-ring (bicyclic) bond motifs is 1. The average Bonchev–Trinajstić information content (AvgIpc) is 3.54. The number of carbonyl (C=O) groups is 1. The molecule has 4 N–H and O–H groups in total. The molecule has 1 saturated heterocycles. The molecular weight excluding hydrogens is 440 g/mol. The first-order valence-electron chi connectivity index (χ1n) is 11.1. The smallest absolute Gasteiger partial charge is 0.250 e. The Balaban J connectivity index is 1.48. The van der Waals surface area contributed by atoms with Crippen LogP contribution in [0, 0.1) is 0 Å². The van der Waals surface area contributed by atoms with Gasteiger partial charge in [-0.25, -0.2) is 4.98 Å². The number of likely N-dealkylation sites (N-methyl/N-ethyl adjacent to an activating group) is 1. The number of aromatic nitrogens is 5. The molecule has 1 aliphatic carbocycles. The summed E-state index contributed by atoms with van der Waals surface area (Å²) >= 11 is 0. The number of carbonyl (C=O) groups excluding carboxylic acids is 1. The fourth-order valence-electron chi connectivity index (χ4n) is 4.09. The highest BCUT2D eigenvalue weighted by molar-refractivity contribution is 5.98. The molecule has 2 aliphatic rings. The predicted octanol–water partition coefficient (Wildman–Crippen LogP) is 1.64. The zero-order chi connectivity index (χ0) is 23.5. The van der Waals surface area contributed by atoms with E-state index >= 15 is 0 Å². The largest absolute Gasteiger partial charge is 0.442 e. The lowest BCUT2D eigenvalue weighted by molar-refractivity contribution is -0.116. The Hall–Kier alpha value is -3.77. The highest BCUT2D eigenvalue weighted by Gasteiger charge is 2.26. The summed E-state index contributed by atoms with van der Waals surface area (Å²) in [5.41, 5.74) is 1.67. The molecule has 0 spiro atoms. The van der Waals surface area contributed by atoms with Gasteiger partial charge in [-0.3, -0.25) is 9.89 Å². The lowest BCUT2D eigenvalue weighted by atomic mass is 9.99. The van der Waals surface area contributed by atoms with Crippen molar-refractivity contribution in [3.63, 3.8) is 0 Å². The van der Waals surface area contributed by atoms with E-state index in [2.05, 4.69) is 36.1 Å².